The molecule has 2 atom stereocenters. The van der Waals surface area contributed by atoms with E-state index in [4.69, 9.17) is 9.47 Å². The lowest BCUT2D eigenvalue weighted by atomic mass is 10.0. The van der Waals surface area contributed by atoms with E-state index in [0.29, 0.717) is 19.5 Å². The third-order valence-corrected chi connectivity index (χ3v) is 7.48. The number of hydrazine groups is 1. The average Bonchev–Trinajstić information content (AvgIpc) is 3.21. The molecule has 2 unspecified atom stereocenters. The van der Waals surface area contributed by atoms with Gasteiger partial charge in [-0.2, -0.15) is 0 Å². The fraction of sp³-hybridized carbons (Fsp3) is 0.355. The predicted octanol–water partition coefficient (Wildman–Crippen LogP) is 5.50. The first-order valence-electron chi connectivity index (χ1n) is 13.3. The van der Waals surface area contributed by atoms with Gasteiger partial charge in [-0.05, 0) is 54.5 Å². The van der Waals surface area contributed by atoms with Crippen LogP contribution in [0.25, 0.3) is 0 Å². The zero-order chi connectivity index (χ0) is 26.5. The first-order chi connectivity index (χ1) is 18.5. The molecule has 3 aromatic carbocycles. The number of carbonyl (C=O) groups excluding carboxylic acids is 2. The molecule has 2 aliphatic heterocycles. The van der Waals surface area contributed by atoms with E-state index in [2.05, 4.69) is 36.9 Å². The smallest absolute Gasteiger partial charge is 0.429 e. The van der Waals surface area contributed by atoms with Crippen LogP contribution in [0.3, 0.4) is 0 Å². The lowest BCUT2D eigenvalue weighted by Gasteiger charge is -2.30. The first-order valence-corrected chi connectivity index (χ1v) is 13.3. The van der Waals surface area contributed by atoms with Crippen LogP contribution in [-0.4, -0.2) is 58.8 Å². The number of piperidine rings is 1. The van der Waals surface area contributed by atoms with Crippen molar-refractivity contribution < 1.29 is 19.1 Å². The molecule has 2 amide bonds. The van der Waals surface area contributed by atoms with Crippen molar-refractivity contribution in [2.75, 3.05) is 19.6 Å². The number of amides is 2. The number of fused-ring (bicyclic) bond motifs is 2. The van der Waals surface area contributed by atoms with Crippen LogP contribution in [0.1, 0.15) is 34.2 Å². The van der Waals surface area contributed by atoms with Gasteiger partial charge < -0.3 is 9.47 Å². The Balaban J connectivity index is 1.28. The summed E-state index contributed by atoms with van der Waals surface area (Å²) in [4.78, 5) is 29.0. The zero-order valence-corrected chi connectivity index (χ0v) is 22.1. The van der Waals surface area contributed by atoms with E-state index in [1.807, 2.05) is 60.7 Å². The van der Waals surface area contributed by atoms with Crippen LogP contribution in [-0.2, 0) is 29.1 Å². The van der Waals surface area contributed by atoms with E-state index in [-0.39, 0.29) is 25.3 Å². The summed E-state index contributed by atoms with van der Waals surface area (Å²) in [5.41, 5.74) is 5.68. The molecule has 5 rings (SSSR count). The normalized spacial score (nSPS) is 18.9. The Morgan fingerprint density at radius 3 is 1.74 bits per heavy atom. The summed E-state index contributed by atoms with van der Waals surface area (Å²) < 4.78 is 11.3. The SMILES string of the molecule is Cc1ccc(CCN2CC3CC(C2)N(C(=O)OCc2ccccc2)N3C(=O)OCc2ccccc2)cc1C. The number of hydrogen-bond donors (Lipinski definition) is 0. The van der Waals surface area contributed by atoms with E-state index in [9.17, 15) is 9.59 Å². The van der Waals surface area contributed by atoms with Gasteiger partial charge in [0.1, 0.15) is 13.2 Å². The molecular weight excluding hydrogens is 478 g/mol. The van der Waals surface area contributed by atoms with Crippen molar-refractivity contribution in [3.63, 3.8) is 0 Å². The summed E-state index contributed by atoms with van der Waals surface area (Å²) in [5, 5.41) is 2.99. The number of hydrogen-bond acceptors (Lipinski definition) is 5. The van der Waals surface area contributed by atoms with E-state index in [1.54, 1.807) is 0 Å². The summed E-state index contributed by atoms with van der Waals surface area (Å²) in [6.45, 7) is 6.79. The highest BCUT2D eigenvalue weighted by molar-refractivity contribution is 5.76. The van der Waals surface area contributed by atoms with Crippen molar-refractivity contribution in [1.29, 1.82) is 0 Å². The van der Waals surface area contributed by atoms with Gasteiger partial charge in [-0.1, -0.05) is 78.9 Å². The number of likely N-dealkylation sites (tertiary alicyclic amines) is 1. The minimum atomic E-state index is -0.519. The Morgan fingerprint density at radius 1 is 0.711 bits per heavy atom. The van der Waals surface area contributed by atoms with Gasteiger partial charge in [0.15, 0.2) is 0 Å². The molecule has 2 heterocycles. The van der Waals surface area contributed by atoms with Gasteiger partial charge in [0.05, 0.1) is 12.1 Å². The number of rotatable bonds is 7. The molecule has 0 aromatic heterocycles. The Bertz CT molecular complexity index is 1180. The van der Waals surface area contributed by atoms with Gasteiger partial charge in [0, 0.05) is 19.6 Å². The van der Waals surface area contributed by atoms with Gasteiger partial charge in [-0.3, -0.25) is 4.90 Å². The lowest BCUT2D eigenvalue weighted by molar-refractivity contribution is -0.0199. The largest absolute Gasteiger partial charge is 0.443 e. The monoisotopic (exact) mass is 513 g/mol. The molecule has 0 aliphatic carbocycles. The molecule has 0 spiro atoms. The zero-order valence-electron chi connectivity index (χ0n) is 22.1. The molecule has 0 saturated carbocycles. The molecule has 38 heavy (non-hydrogen) atoms. The van der Waals surface area contributed by atoms with Crippen molar-refractivity contribution >= 4 is 12.2 Å². The minimum Gasteiger partial charge on any atom is -0.443 e. The molecule has 198 valence electrons. The second-order valence-electron chi connectivity index (χ2n) is 10.2. The molecule has 2 fully saturated rings. The molecular formula is C31H35N3O4. The molecule has 0 N–H and O–H groups in total. The number of aryl methyl sites for hydroxylation is 2. The third kappa shape index (κ3) is 6.00. The first kappa shape index (κ1) is 25.8. The highest BCUT2D eigenvalue weighted by Crippen LogP contribution is 2.32. The maximum atomic E-state index is 13.3. The van der Waals surface area contributed by atoms with E-state index < -0.39 is 12.2 Å². The van der Waals surface area contributed by atoms with Crippen LogP contribution < -0.4 is 0 Å². The van der Waals surface area contributed by atoms with E-state index >= 15 is 0 Å². The number of carbonyl (C=O) groups is 2. The molecule has 2 aliphatic rings. The molecule has 7 nitrogen and oxygen atoms in total. The second kappa shape index (κ2) is 11.7. The summed E-state index contributed by atoms with van der Waals surface area (Å²) in [6.07, 6.45) is 0.585. The average molecular weight is 514 g/mol. The standard InChI is InChI=1S/C31H35N3O4/c1-23-13-14-25(17-24(23)2)15-16-32-19-28-18-29(20-32)34(31(36)38-22-27-11-7-4-8-12-27)33(28)30(35)37-21-26-9-5-3-6-10-26/h3-14,17,28-29H,15-16,18-22H2,1-2H3. The van der Waals surface area contributed by atoms with Crippen molar-refractivity contribution in [3.8, 4) is 0 Å². The number of nitrogens with zero attached hydrogens (tertiary/aromatic N) is 3. The van der Waals surface area contributed by atoms with Gasteiger partial charge >= 0.3 is 12.2 Å². The molecule has 3 aromatic rings. The van der Waals surface area contributed by atoms with Crippen molar-refractivity contribution in [1.82, 2.24) is 14.9 Å². The molecule has 7 heteroatoms. The van der Waals surface area contributed by atoms with Crippen LogP contribution in [0, 0.1) is 13.8 Å². The van der Waals surface area contributed by atoms with Gasteiger partial charge in [0.2, 0.25) is 0 Å². The maximum Gasteiger partial charge on any atom is 0.429 e. The summed E-state index contributed by atoms with van der Waals surface area (Å²) in [7, 11) is 0. The minimum absolute atomic E-state index is 0.150. The highest BCUT2D eigenvalue weighted by atomic mass is 16.6. The van der Waals surface area contributed by atoms with Crippen molar-refractivity contribution in [2.24, 2.45) is 0 Å². The number of benzene rings is 3. The lowest BCUT2D eigenvalue weighted by Crippen LogP contribution is -2.50. The van der Waals surface area contributed by atoms with Gasteiger partial charge in [0.25, 0.3) is 0 Å². The van der Waals surface area contributed by atoms with Crippen molar-refractivity contribution in [2.45, 2.75) is 52.0 Å². The van der Waals surface area contributed by atoms with Crippen molar-refractivity contribution in [3.05, 3.63) is 107 Å². The Labute approximate surface area is 224 Å². The second-order valence-corrected chi connectivity index (χ2v) is 10.2. The topological polar surface area (TPSA) is 62.3 Å². The fourth-order valence-electron chi connectivity index (χ4n) is 5.31. The van der Waals surface area contributed by atoms with Crippen LogP contribution in [0.5, 0.6) is 0 Å². The van der Waals surface area contributed by atoms with Gasteiger partial charge in [-0.15, -0.1) is 0 Å². The quantitative estimate of drug-likeness (QED) is 0.418. The van der Waals surface area contributed by atoms with Gasteiger partial charge in [-0.25, -0.2) is 19.6 Å². The Hall–Kier alpha value is -3.84. The van der Waals surface area contributed by atoms with Crippen LogP contribution in [0.15, 0.2) is 78.9 Å². The predicted molar refractivity (Wildman–Crippen MR) is 145 cm³/mol. The fourth-order valence-corrected chi connectivity index (χ4v) is 5.31. The third-order valence-electron chi connectivity index (χ3n) is 7.48. The maximum absolute atomic E-state index is 13.3. The Kier molecular flexibility index (Phi) is 7.94. The summed E-state index contributed by atoms with van der Waals surface area (Å²) >= 11 is 0. The number of ether oxygens (including phenoxy) is 2. The van der Waals surface area contributed by atoms with Crippen LogP contribution in [0.4, 0.5) is 9.59 Å². The van der Waals surface area contributed by atoms with E-state index in [1.165, 1.54) is 26.7 Å². The van der Waals surface area contributed by atoms with Crippen LogP contribution >= 0.6 is 0 Å². The summed E-state index contributed by atoms with van der Waals surface area (Å²) in [6, 6.07) is 25.4. The Morgan fingerprint density at radius 2 is 1.24 bits per heavy atom. The molecule has 2 bridgehead atoms. The highest BCUT2D eigenvalue weighted by Gasteiger charge is 2.50. The summed E-state index contributed by atoms with van der Waals surface area (Å²) in [5.74, 6) is 0. The van der Waals surface area contributed by atoms with E-state index in [0.717, 1.165) is 24.1 Å². The van der Waals surface area contributed by atoms with Crippen LogP contribution in [0.2, 0.25) is 0 Å². The molecule has 0 radical (unpaired) electrons. The molecule has 2 saturated heterocycles.